The van der Waals surface area contributed by atoms with Crippen LogP contribution in [0.25, 0.3) is 0 Å². The summed E-state index contributed by atoms with van der Waals surface area (Å²) in [5, 5.41) is 0. The van der Waals surface area contributed by atoms with Gasteiger partial charge in [0.05, 0.1) is 0 Å². The molecule has 0 aromatic heterocycles. The van der Waals surface area contributed by atoms with E-state index in [1.54, 1.807) is 0 Å². The topological polar surface area (TPSA) is 26.0 Å². The van der Waals surface area contributed by atoms with Crippen molar-refractivity contribution in [2.24, 2.45) is 5.73 Å². The lowest BCUT2D eigenvalue weighted by atomic mass is 9.86. The number of hydrogen-bond acceptors (Lipinski definition) is 1. The molecule has 0 fully saturated rings. The first-order chi connectivity index (χ1) is 9.33. The molecule has 0 bridgehead atoms. The summed E-state index contributed by atoms with van der Waals surface area (Å²) in [6.07, 6.45) is 5.80. The molecular weight excluding hydrogens is 230 g/mol. The molecule has 19 heavy (non-hydrogen) atoms. The minimum absolute atomic E-state index is 0.256. The van der Waals surface area contributed by atoms with Gasteiger partial charge in [0, 0.05) is 6.04 Å². The first-order valence-electron chi connectivity index (χ1n) is 7.24. The summed E-state index contributed by atoms with van der Waals surface area (Å²) >= 11 is 0. The number of rotatable bonds is 3. The predicted octanol–water partition coefficient (Wildman–Crippen LogP) is 3.81. The molecule has 0 aliphatic heterocycles. The van der Waals surface area contributed by atoms with Crippen molar-refractivity contribution >= 4 is 0 Å². The van der Waals surface area contributed by atoms with Gasteiger partial charge in [0.25, 0.3) is 0 Å². The molecule has 2 N–H and O–H groups in total. The van der Waals surface area contributed by atoms with Crippen LogP contribution in [0.2, 0.25) is 0 Å². The highest BCUT2D eigenvalue weighted by Crippen LogP contribution is 2.28. The molecule has 1 nitrogen and oxygen atoms in total. The summed E-state index contributed by atoms with van der Waals surface area (Å²) in [6.45, 7) is 0. The van der Waals surface area contributed by atoms with Gasteiger partial charge < -0.3 is 5.73 Å². The molecule has 2 aromatic carbocycles. The zero-order chi connectivity index (χ0) is 13.1. The van der Waals surface area contributed by atoms with Gasteiger partial charge in [-0.15, -0.1) is 0 Å². The van der Waals surface area contributed by atoms with Crippen LogP contribution in [0.3, 0.4) is 0 Å². The minimum Gasteiger partial charge on any atom is -0.324 e. The lowest BCUT2D eigenvalue weighted by Gasteiger charge is -2.22. The highest BCUT2D eigenvalue weighted by Gasteiger charge is 2.16. The Morgan fingerprint density at radius 3 is 2.58 bits per heavy atom. The quantitative estimate of drug-likeness (QED) is 0.882. The molecule has 1 unspecified atom stereocenters. The lowest BCUT2D eigenvalue weighted by molar-refractivity contribution is 0.570. The van der Waals surface area contributed by atoms with Crippen LogP contribution in [0.4, 0.5) is 0 Å². The fourth-order valence-corrected chi connectivity index (χ4v) is 2.99. The number of hydrogen-bond donors (Lipinski definition) is 1. The molecule has 98 valence electrons. The van der Waals surface area contributed by atoms with Gasteiger partial charge >= 0.3 is 0 Å². The highest BCUT2D eigenvalue weighted by molar-refractivity contribution is 5.36. The van der Waals surface area contributed by atoms with Crippen LogP contribution in [0, 0.1) is 0 Å². The number of aryl methyl sites for hydroxylation is 3. The molecule has 1 heteroatoms. The van der Waals surface area contributed by atoms with E-state index in [2.05, 4.69) is 48.5 Å². The Hall–Kier alpha value is -1.60. The zero-order valence-corrected chi connectivity index (χ0v) is 11.3. The van der Waals surface area contributed by atoms with Crippen LogP contribution in [0.5, 0.6) is 0 Å². The predicted molar refractivity (Wildman–Crippen MR) is 80.2 cm³/mol. The summed E-state index contributed by atoms with van der Waals surface area (Å²) < 4.78 is 0. The van der Waals surface area contributed by atoms with Crippen LogP contribution < -0.4 is 5.73 Å². The van der Waals surface area contributed by atoms with Gasteiger partial charge in [-0.1, -0.05) is 48.5 Å². The minimum atomic E-state index is 0.256. The molecular formula is C18H21N. The average molecular weight is 251 g/mol. The Kier molecular flexibility index (Phi) is 3.65. The van der Waals surface area contributed by atoms with Crippen LogP contribution in [-0.4, -0.2) is 0 Å². The monoisotopic (exact) mass is 251 g/mol. The molecule has 3 rings (SSSR count). The second kappa shape index (κ2) is 5.58. The Balaban J connectivity index is 1.72. The Morgan fingerprint density at radius 1 is 0.947 bits per heavy atom. The summed E-state index contributed by atoms with van der Waals surface area (Å²) in [4.78, 5) is 0. The van der Waals surface area contributed by atoms with Crippen molar-refractivity contribution in [1.82, 2.24) is 0 Å². The number of benzene rings is 2. The smallest absolute Gasteiger partial charge is 0.0297 e. The molecule has 0 spiro atoms. The van der Waals surface area contributed by atoms with Gasteiger partial charge in [-0.3, -0.25) is 0 Å². The van der Waals surface area contributed by atoms with E-state index in [4.69, 9.17) is 5.73 Å². The van der Waals surface area contributed by atoms with Crippen molar-refractivity contribution in [3.63, 3.8) is 0 Å². The highest BCUT2D eigenvalue weighted by atomic mass is 14.6. The molecule has 2 aromatic rings. The second-order valence-electron chi connectivity index (χ2n) is 5.52. The normalized spacial score (nSPS) is 18.1. The van der Waals surface area contributed by atoms with E-state index >= 15 is 0 Å². The molecule has 0 amide bonds. The van der Waals surface area contributed by atoms with E-state index < -0.39 is 0 Å². The van der Waals surface area contributed by atoms with Gasteiger partial charge in [0.15, 0.2) is 0 Å². The maximum atomic E-state index is 6.16. The van der Waals surface area contributed by atoms with E-state index in [-0.39, 0.29) is 6.04 Å². The average Bonchev–Trinajstić information content (AvgIpc) is 2.46. The molecule has 0 saturated carbocycles. The van der Waals surface area contributed by atoms with Crippen LogP contribution in [-0.2, 0) is 19.3 Å². The standard InChI is InChI=1S/C18H21N/c19-18-8-4-7-16-13-15(11-12-17(16)18)10-9-14-5-2-1-3-6-14/h1-3,5-6,11-13,18H,4,7-10,19H2. The van der Waals surface area contributed by atoms with Gasteiger partial charge in [-0.25, -0.2) is 0 Å². The lowest BCUT2D eigenvalue weighted by Crippen LogP contribution is -2.17. The summed E-state index contributed by atoms with van der Waals surface area (Å²) in [7, 11) is 0. The van der Waals surface area contributed by atoms with Crippen molar-refractivity contribution in [2.75, 3.05) is 0 Å². The maximum Gasteiger partial charge on any atom is 0.0297 e. The SMILES string of the molecule is NC1CCCc2cc(CCc3ccccc3)ccc21. The molecule has 1 aliphatic carbocycles. The second-order valence-corrected chi connectivity index (χ2v) is 5.52. The van der Waals surface area contributed by atoms with Gasteiger partial charge in [-0.05, 0) is 54.4 Å². The Bertz CT molecular complexity index is 545. The third kappa shape index (κ3) is 2.87. The van der Waals surface area contributed by atoms with E-state index in [9.17, 15) is 0 Å². The first kappa shape index (κ1) is 12.4. The van der Waals surface area contributed by atoms with Crippen molar-refractivity contribution in [1.29, 1.82) is 0 Å². The van der Waals surface area contributed by atoms with Gasteiger partial charge in [0.1, 0.15) is 0 Å². The van der Waals surface area contributed by atoms with Crippen molar-refractivity contribution in [2.45, 2.75) is 38.1 Å². The maximum absolute atomic E-state index is 6.16. The number of nitrogens with two attached hydrogens (primary N) is 1. The van der Waals surface area contributed by atoms with Crippen molar-refractivity contribution in [3.8, 4) is 0 Å². The molecule has 1 atom stereocenters. The molecule has 0 radical (unpaired) electrons. The third-order valence-electron chi connectivity index (χ3n) is 4.11. The van der Waals surface area contributed by atoms with Crippen LogP contribution in [0.15, 0.2) is 48.5 Å². The van der Waals surface area contributed by atoms with Gasteiger partial charge in [0.2, 0.25) is 0 Å². The zero-order valence-electron chi connectivity index (χ0n) is 11.3. The van der Waals surface area contributed by atoms with Crippen LogP contribution >= 0.6 is 0 Å². The van der Waals surface area contributed by atoms with E-state index in [1.165, 1.54) is 35.1 Å². The van der Waals surface area contributed by atoms with Gasteiger partial charge in [-0.2, -0.15) is 0 Å². The van der Waals surface area contributed by atoms with Crippen molar-refractivity contribution < 1.29 is 0 Å². The molecule has 0 heterocycles. The molecule has 1 aliphatic rings. The summed E-state index contributed by atoms with van der Waals surface area (Å²) in [6, 6.07) is 17.8. The van der Waals surface area contributed by atoms with Crippen LogP contribution in [0.1, 0.15) is 41.1 Å². The van der Waals surface area contributed by atoms with E-state index in [0.29, 0.717) is 0 Å². The largest absolute Gasteiger partial charge is 0.324 e. The first-order valence-corrected chi connectivity index (χ1v) is 7.24. The summed E-state index contributed by atoms with van der Waals surface area (Å²) in [5.41, 5.74) is 11.9. The van der Waals surface area contributed by atoms with Crippen molar-refractivity contribution in [3.05, 3.63) is 70.8 Å². The fourth-order valence-electron chi connectivity index (χ4n) is 2.99. The Labute approximate surface area is 115 Å². The summed E-state index contributed by atoms with van der Waals surface area (Å²) in [5.74, 6) is 0. The third-order valence-corrected chi connectivity index (χ3v) is 4.11. The fraction of sp³-hybridized carbons (Fsp3) is 0.333. The van der Waals surface area contributed by atoms with E-state index in [1.807, 2.05) is 0 Å². The Morgan fingerprint density at radius 2 is 1.74 bits per heavy atom. The van der Waals surface area contributed by atoms with E-state index in [0.717, 1.165) is 19.3 Å². The number of fused-ring (bicyclic) bond motifs is 1. The molecule has 0 saturated heterocycles.